The van der Waals surface area contributed by atoms with E-state index in [0.717, 1.165) is 5.39 Å². The quantitative estimate of drug-likeness (QED) is 0.391. The van der Waals surface area contributed by atoms with Gasteiger partial charge < -0.3 is 25.4 Å². The SMILES string of the molecule is CSCC[C@H](NC(=O)c1nccc2ccccc12)C(=O)N1CCCC1C(=O)N[C@H](C=O)CC(=O)O. The van der Waals surface area contributed by atoms with Crippen molar-refractivity contribution in [2.75, 3.05) is 18.6 Å². The van der Waals surface area contributed by atoms with Crippen LogP contribution in [0.4, 0.5) is 0 Å². The minimum atomic E-state index is -1.22. The fraction of sp³-hybridized carbons (Fsp3) is 0.417. The third kappa shape index (κ3) is 6.56. The molecule has 0 radical (unpaired) electrons. The molecule has 3 atom stereocenters. The number of thioether (sulfide) groups is 1. The Labute approximate surface area is 206 Å². The number of carbonyl (C=O) groups excluding carboxylic acids is 4. The van der Waals surface area contributed by atoms with Gasteiger partial charge in [-0.25, -0.2) is 0 Å². The van der Waals surface area contributed by atoms with Gasteiger partial charge >= 0.3 is 5.97 Å². The second-order valence-electron chi connectivity index (χ2n) is 8.23. The number of carboxylic acids is 1. The summed E-state index contributed by atoms with van der Waals surface area (Å²) >= 11 is 1.53. The molecule has 2 heterocycles. The second kappa shape index (κ2) is 12.3. The highest BCUT2D eigenvalue weighted by Crippen LogP contribution is 2.21. The molecule has 1 aliphatic heterocycles. The second-order valence-corrected chi connectivity index (χ2v) is 9.21. The molecule has 1 saturated heterocycles. The van der Waals surface area contributed by atoms with E-state index in [1.54, 1.807) is 12.1 Å². The number of aliphatic carboxylic acids is 1. The van der Waals surface area contributed by atoms with Gasteiger partial charge in [-0.15, -0.1) is 0 Å². The van der Waals surface area contributed by atoms with Gasteiger partial charge in [-0.1, -0.05) is 24.3 Å². The monoisotopic (exact) mass is 500 g/mol. The Morgan fingerprint density at radius 1 is 1.23 bits per heavy atom. The molecule has 0 saturated carbocycles. The topological polar surface area (TPSA) is 146 Å². The zero-order chi connectivity index (χ0) is 25.4. The Kier molecular flexibility index (Phi) is 9.18. The molecule has 11 heteroatoms. The summed E-state index contributed by atoms with van der Waals surface area (Å²) in [5, 5.41) is 15.6. The Bertz CT molecular complexity index is 1110. The molecule has 0 spiro atoms. The molecule has 0 bridgehead atoms. The summed E-state index contributed by atoms with van der Waals surface area (Å²) < 4.78 is 0. The molecule has 186 valence electrons. The van der Waals surface area contributed by atoms with Crippen LogP contribution in [-0.2, 0) is 19.2 Å². The predicted molar refractivity (Wildman–Crippen MR) is 131 cm³/mol. The van der Waals surface area contributed by atoms with Gasteiger partial charge in [0, 0.05) is 18.1 Å². The Hall–Kier alpha value is -3.47. The van der Waals surface area contributed by atoms with E-state index in [0.29, 0.717) is 43.2 Å². The van der Waals surface area contributed by atoms with Gasteiger partial charge in [0.15, 0.2) is 0 Å². The van der Waals surface area contributed by atoms with Crippen molar-refractivity contribution in [1.29, 1.82) is 0 Å². The molecule has 0 aliphatic carbocycles. The number of nitrogens with zero attached hydrogens (tertiary/aromatic N) is 2. The van der Waals surface area contributed by atoms with Crippen LogP contribution in [0.25, 0.3) is 10.8 Å². The number of benzene rings is 1. The number of fused-ring (bicyclic) bond motifs is 1. The van der Waals surface area contributed by atoms with Gasteiger partial charge in [-0.05, 0) is 42.7 Å². The van der Waals surface area contributed by atoms with Crippen LogP contribution in [-0.4, -0.2) is 81.6 Å². The molecule has 3 amide bonds. The average Bonchev–Trinajstić information content (AvgIpc) is 3.35. The van der Waals surface area contributed by atoms with Crippen molar-refractivity contribution in [2.45, 2.75) is 43.8 Å². The van der Waals surface area contributed by atoms with Crippen LogP contribution < -0.4 is 10.6 Å². The Morgan fingerprint density at radius 3 is 2.71 bits per heavy atom. The minimum Gasteiger partial charge on any atom is -0.481 e. The first kappa shape index (κ1) is 26.1. The maximum Gasteiger partial charge on any atom is 0.305 e. The Balaban J connectivity index is 1.77. The van der Waals surface area contributed by atoms with Crippen molar-refractivity contribution in [3.05, 3.63) is 42.2 Å². The lowest BCUT2D eigenvalue weighted by Gasteiger charge is -2.29. The molecular formula is C24H28N4O6S. The van der Waals surface area contributed by atoms with E-state index in [2.05, 4.69) is 15.6 Å². The molecule has 1 unspecified atom stereocenters. The van der Waals surface area contributed by atoms with Gasteiger partial charge in [-0.3, -0.25) is 24.2 Å². The van der Waals surface area contributed by atoms with E-state index in [1.165, 1.54) is 22.9 Å². The van der Waals surface area contributed by atoms with E-state index in [9.17, 15) is 24.0 Å². The average molecular weight is 501 g/mol. The fourth-order valence-corrected chi connectivity index (χ4v) is 4.60. The maximum absolute atomic E-state index is 13.5. The number of aldehydes is 1. The summed E-state index contributed by atoms with van der Waals surface area (Å²) in [5.41, 5.74) is 0.211. The lowest BCUT2D eigenvalue weighted by atomic mass is 10.1. The van der Waals surface area contributed by atoms with Gasteiger partial charge in [0.05, 0.1) is 12.5 Å². The number of pyridine rings is 1. The van der Waals surface area contributed by atoms with E-state index in [1.807, 2.05) is 24.5 Å². The number of rotatable bonds is 11. The van der Waals surface area contributed by atoms with Crippen LogP contribution in [0.5, 0.6) is 0 Å². The van der Waals surface area contributed by atoms with Crippen molar-refractivity contribution in [2.24, 2.45) is 0 Å². The lowest BCUT2D eigenvalue weighted by Crippen LogP contribution is -2.55. The number of aromatic nitrogens is 1. The molecule has 10 nitrogen and oxygen atoms in total. The van der Waals surface area contributed by atoms with Crippen molar-refractivity contribution in [1.82, 2.24) is 20.5 Å². The summed E-state index contributed by atoms with van der Waals surface area (Å²) in [6.07, 6.45) is 4.57. The minimum absolute atomic E-state index is 0.211. The van der Waals surface area contributed by atoms with Crippen molar-refractivity contribution >= 4 is 52.5 Å². The highest BCUT2D eigenvalue weighted by molar-refractivity contribution is 7.98. The number of amides is 3. The van der Waals surface area contributed by atoms with E-state index >= 15 is 0 Å². The van der Waals surface area contributed by atoms with Crippen molar-refractivity contribution in [3.8, 4) is 0 Å². The number of hydrogen-bond donors (Lipinski definition) is 3. The smallest absolute Gasteiger partial charge is 0.305 e. The first-order valence-electron chi connectivity index (χ1n) is 11.3. The van der Waals surface area contributed by atoms with Gasteiger partial charge in [0.2, 0.25) is 11.8 Å². The van der Waals surface area contributed by atoms with Gasteiger partial charge in [0.25, 0.3) is 5.91 Å². The molecule has 1 aliphatic rings. The fourth-order valence-electron chi connectivity index (χ4n) is 4.12. The van der Waals surface area contributed by atoms with E-state index in [-0.39, 0.29) is 5.69 Å². The molecule has 3 rings (SSSR count). The predicted octanol–water partition coefficient (Wildman–Crippen LogP) is 1.24. The van der Waals surface area contributed by atoms with Crippen LogP contribution in [0.3, 0.4) is 0 Å². The number of carboxylic acid groups (broad SMARTS) is 1. The van der Waals surface area contributed by atoms with E-state index < -0.39 is 48.2 Å². The molecule has 1 fully saturated rings. The van der Waals surface area contributed by atoms with Crippen LogP contribution in [0.15, 0.2) is 36.5 Å². The van der Waals surface area contributed by atoms with Crippen LogP contribution in [0.2, 0.25) is 0 Å². The zero-order valence-electron chi connectivity index (χ0n) is 19.3. The number of hydrogen-bond acceptors (Lipinski definition) is 7. The normalized spacial score (nSPS) is 16.9. The standard InChI is InChI=1S/C24H28N4O6S/c1-35-12-9-18(27-23(33)21-17-6-3-2-5-15(17)8-10-25-21)24(34)28-11-4-7-19(28)22(32)26-16(14-29)13-20(30)31/h2-3,5-6,8,10,14,16,18-19H,4,7,9,11-13H2,1H3,(H,26,32)(H,27,33)(H,30,31)/t16-,18-,19?/m0/s1. The third-order valence-corrected chi connectivity index (χ3v) is 6.47. The molecular weight excluding hydrogens is 472 g/mol. The van der Waals surface area contributed by atoms with Crippen LogP contribution >= 0.6 is 11.8 Å². The largest absolute Gasteiger partial charge is 0.481 e. The van der Waals surface area contributed by atoms with Crippen LogP contribution in [0, 0.1) is 0 Å². The lowest BCUT2D eigenvalue weighted by molar-refractivity contribution is -0.142. The first-order chi connectivity index (χ1) is 16.8. The third-order valence-electron chi connectivity index (χ3n) is 5.83. The van der Waals surface area contributed by atoms with Gasteiger partial charge in [-0.2, -0.15) is 11.8 Å². The first-order valence-corrected chi connectivity index (χ1v) is 12.7. The summed E-state index contributed by atoms with van der Waals surface area (Å²) in [7, 11) is 0. The maximum atomic E-state index is 13.5. The summed E-state index contributed by atoms with van der Waals surface area (Å²) in [4.78, 5) is 67.1. The molecule has 1 aromatic heterocycles. The highest BCUT2D eigenvalue weighted by atomic mass is 32.2. The number of nitrogens with one attached hydrogen (secondary N) is 2. The Morgan fingerprint density at radius 2 is 2.00 bits per heavy atom. The molecule has 2 aromatic rings. The molecule has 35 heavy (non-hydrogen) atoms. The molecule has 1 aromatic carbocycles. The zero-order valence-corrected chi connectivity index (χ0v) is 20.1. The molecule has 3 N–H and O–H groups in total. The van der Waals surface area contributed by atoms with Crippen molar-refractivity contribution < 1.29 is 29.1 Å². The summed E-state index contributed by atoms with van der Waals surface area (Å²) in [6.45, 7) is 0.319. The summed E-state index contributed by atoms with van der Waals surface area (Å²) in [5.74, 6) is -2.07. The van der Waals surface area contributed by atoms with Crippen molar-refractivity contribution in [3.63, 3.8) is 0 Å². The van der Waals surface area contributed by atoms with Gasteiger partial charge in [0.1, 0.15) is 24.1 Å². The number of carbonyl (C=O) groups is 5. The van der Waals surface area contributed by atoms with E-state index in [4.69, 9.17) is 5.11 Å². The summed E-state index contributed by atoms with van der Waals surface area (Å²) in [6, 6.07) is 6.23. The van der Waals surface area contributed by atoms with Crippen LogP contribution in [0.1, 0.15) is 36.2 Å². The highest BCUT2D eigenvalue weighted by Gasteiger charge is 2.38. The number of likely N-dealkylation sites (tertiary alicyclic amines) is 1.